The summed E-state index contributed by atoms with van der Waals surface area (Å²) in [4.78, 5) is 12.4. The van der Waals surface area contributed by atoms with E-state index < -0.39 is 18.3 Å². The average molecular weight is 414 g/mol. The van der Waals surface area contributed by atoms with Gasteiger partial charge in [0.1, 0.15) is 5.75 Å². The molecule has 8 heteroatoms. The second-order valence-electron chi connectivity index (χ2n) is 8.52. The minimum Gasteiger partial charge on any atom is -0.496 e. The molecule has 1 aliphatic rings. The van der Waals surface area contributed by atoms with Crippen LogP contribution in [0.3, 0.4) is 0 Å². The lowest BCUT2D eigenvalue weighted by Crippen LogP contribution is -2.41. The zero-order chi connectivity index (χ0) is 21.9. The van der Waals surface area contributed by atoms with Crippen LogP contribution in [0.2, 0.25) is 0 Å². The lowest BCUT2D eigenvalue weighted by molar-refractivity contribution is -0.143. The highest BCUT2D eigenvalue weighted by molar-refractivity contribution is 6.48. The summed E-state index contributed by atoms with van der Waals surface area (Å²) in [6.07, 6.45) is 3.80. The molecule has 7 nitrogen and oxygen atoms in total. The number of hydrogen-bond donors (Lipinski definition) is 0. The van der Waals surface area contributed by atoms with E-state index in [-0.39, 0.29) is 18.2 Å². The highest BCUT2D eigenvalue weighted by Crippen LogP contribution is 2.42. The summed E-state index contributed by atoms with van der Waals surface area (Å²) in [5.41, 5.74) is 0.915. The molecular formula is C22H31BN2O5. The Kier molecular flexibility index (Phi) is 6.57. The number of carbonyl (C=O) groups excluding carboxylic acids is 1. The van der Waals surface area contributed by atoms with Gasteiger partial charge in [-0.2, -0.15) is 5.10 Å². The normalized spacial score (nSPS) is 18.3. The van der Waals surface area contributed by atoms with Gasteiger partial charge in [-0.05, 0) is 52.3 Å². The largest absolute Gasteiger partial charge is 0.496 e. The minimum atomic E-state index is -0.564. The number of benzene rings is 1. The topological polar surface area (TPSA) is 71.8 Å². The third-order valence-corrected chi connectivity index (χ3v) is 5.92. The Labute approximate surface area is 178 Å². The first-order chi connectivity index (χ1) is 14.2. The van der Waals surface area contributed by atoms with Crippen LogP contribution in [0, 0.1) is 0 Å². The van der Waals surface area contributed by atoms with Crippen molar-refractivity contribution in [2.75, 3.05) is 13.7 Å². The molecule has 0 spiro atoms. The maximum Gasteiger partial charge on any atom is 0.466 e. The number of hydrogen-bond acceptors (Lipinski definition) is 6. The molecule has 30 heavy (non-hydrogen) atoms. The second-order valence-corrected chi connectivity index (χ2v) is 8.52. The Hall–Kier alpha value is -2.32. The molecule has 0 N–H and O–H groups in total. The quantitative estimate of drug-likeness (QED) is 0.486. The number of methoxy groups -OCH3 is 1. The van der Waals surface area contributed by atoms with E-state index in [0.29, 0.717) is 13.2 Å². The summed E-state index contributed by atoms with van der Waals surface area (Å²) in [5, 5.41) is 4.29. The van der Waals surface area contributed by atoms with Gasteiger partial charge in [0, 0.05) is 23.8 Å². The first-order valence-electron chi connectivity index (χ1n) is 10.3. The molecule has 3 rings (SSSR count). The predicted molar refractivity (Wildman–Crippen MR) is 114 cm³/mol. The molecule has 1 aliphatic heterocycles. The van der Waals surface area contributed by atoms with E-state index in [4.69, 9.17) is 18.8 Å². The molecule has 1 aromatic carbocycles. The maximum absolute atomic E-state index is 12.4. The smallest absolute Gasteiger partial charge is 0.466 e. The van der Waals surface area contributed by atoms with Crippen LogP contribution in [-0.4, -0.2) is 47.8 Å². The van der Waals surface area contributed by atoms with Crippen LogP contribution >= 0.6 is 0 Å². The fourth-order valence-corrected chi connectivity index (χ4v) is 3.54. The highest BCUT2D eigenvalue weighted by atomic mass is 16.7. The van der Waals surface area contributed by atoms with Gasteiger partial charge in [-0.1, -0.05) is 12.1 Å². The van der Waals surface area contributed by atoms with Crippen molar-refractivity contribution >= 4 is 13.1 Å². The number of esters is 1. The van der Waals surface area contributed by atoms with Gasteiger partial charge in [-0.25, -0.2) is 0 Å². The van der Waals surface area contributed by atoms with Gasteiger partial charge in [0.15, 0.2) is 0 Å². The number of aromatic nitrogens is 2. The van der Waals surface area contributed by atoms with Crippen LogP contribution in [0.1, 0.15) is 58.0 Å². The fourth-order valence-electron chi connectivity index (χ4n) is 3.54. The zero-order valence-corrected chi connectivity index (χ0v) is 18.7. The third-order valence-electron chi connectivity index (χ3n) is 5.92. The maximum atomic E-state index is 12.4. The monoisotopic (exact) mass is 414 g/mol. The third kappa shape index (κ3) is 4.70. The van der Waals surface area contributed by atoms with E-state index in [1.807, 2.05) is 62.8 Å². The van der Waals surface area contributed by atoms with Gasteiger partial charge in [-0.15, -0.1) is 0 Å². The van der Waals surface area contributed by atoms with Crippen LogP contribution in [0.15, 0.2) is 36.7 Å². The number of nitrogens with zero attached hydrogens (tertiary/aromatic N) is 2. The highest BCUT2D eigenvalue weighted by Gasteiger charge is 2.54. The van der Waals surface area contributed by atoms with Crippen molar-refractivity contribution in [1.29, 1.82) is 0 Å². The molecule has 0 radical (unpaired) electrons. The molecule has 1 fully saturated rings. The molecule has 0 bridgehead atoms. The van der Waals surface area contributed by atoms with Crippen molar-refractivity contribution in [2.45, 2.75) is 64.6 Å². The van der Waals surface area contributed by atoms with Gasteiger partial charge >= 0.3 is 13.1 Å². The van der Waals surface area contributed by atoms with E-state index in [2.05, 4.69) is 5.10 Å². The van der Waals surface area contributed by atoms with E-state index in [9.17, 15) is 4.79 Å². The summed E-state index contributed by atoms with van der Waals surface area (Å²) < 4.78 is 25.2. The van der Waals surface area contributed by atoms with Gasteiger partial charge < -0.3 is 18.8 Å². The summed E-state index contributed by atoms with van der Waals surface area (Å²) in [6.45, 7) is 10.7. The van der Waals surface area contributed by atoms with Crippen molar-refractivity contribution in [3.8, 4) is 5.75 Å². The SMILES string of the molecule is CCOC(=O)CC(B1OC(C)(C)C(C)(C)O1)c1ccc(OC)c(Cn2cccn2)c1. The van der Waals surface area contributed by atoms with Crippen LogP contribution in [0.5, 0.6) is 5.75 Å². The molecule has 1 atom stereocenters. The molecule has 0 aliphatic carbocycles. The Morgan fingerprint density at radius 3 is 2.50 bits per heavy atom. The van der Waals surface area contributed by atoms with Crippen LogP contribution in [-0.2, 0) is 25.4 Å². The molecule has 1 saturated heterocycles. The van der Waals surface area contributed by atoms with Gasteiger partial charge in [0.05, 0.1) is 37.9 Å². The van der Waals surface area contributed by atoms with Crippen LogP contribution < -0.4 is 4.74 Å². The standard InChI is InChI=1S/C22H31BN2O5/c1-7-28-20(26)14-18(23-29-21(2,3)22(4,5)30-23)16-9-10-19(27-6)17(13-16)15-25-12-8-11-24-25/h8-13,18H,7,14-15H2,1-6H3. The van der Waals surface area contributed by atoms with Gasteiger partial charge in [-0.3, -0.25) is 9.48 Å². The fraction of sp³-hybridized carbons (Fsp3) is 0.545. The Bertz CT molecular complexity index is 850. The molecule has 2 heterocycles. The van der Waals surface area contributed by atoms with Crippen molar-refractivity contribution < 1.29 is 23.6 Å². The molecular weight excluding hydrogens is 383 g/mol. The zero-order valence-electron chi connectivity index (χ0n) is 18.7. The van der Waals surface area contributed by atoms with E-state index >= 15 is 0 Å². The number of ether oxygens (including phenoxy) is 2. The Morgan fingerprint density at radius 1 is 1.23 bits per heavy atom. The summed E-state index contributed by atoms with van der Waals surface area (Å²) >= 11 is 0. The van der Waals surface area contributed by atoms with E-state index in [0.717, 1.165) is 16.9 Å². The van der Waals surface area contributed by atoms with Crippen LogP contribution in [0.25, 0.3) is 0 Å². The van der Waals surface area contributed by atoms with E-state index in [1.54, 1.807) is 20.2 Å². The predicted octanol–water partition coefficient (Wildman–Crippen LogP) is 3.61. The molecule has 162 valence electrons. The van der Waals surface area contributed by atoms with Crippen molar-refractivity contribution in [3.05, 3.63) is 47.8 Å². The average Bonchev–Trinajstić information content (AvgIpc) is 3.25. The lowest BCUT2D eigenvalue weighted by atomic mass is 9.66. The molecule has 0 amide bonds. The second kappa shape index (κ2) is 8.82. The van der Waals surface area contributed by atoms with Crippen molar-refractivity contribution in [1.82, 2.24) is 9.78 Å². The van der Waals surface area contributed by atoms with Gasteiger partial charge in [0.2, 0.25) is 0 Å². The van der Waals surface area contributed by atoms with Crippen molar-refractivity contribution in [2.24, 2.45) is 0 Å². The Morgan fingerprint density at radius 2 is 1.93 bits per heavy atom. The minimum absolute atomic E-state index is 0.165. The number of carbonyl (C=O) groups is 1. The molecule has 1 unspecified atom stereocenters. The Balaban J connectivity index is 1.95. The molecule has 1 aromatic heterocycles. The van der Waals surface area contributed by atoms with Crippen molar-refractivity contribution in [3.63, 3.8) is 0 Å². The van der Waals surface area contributed by atoms with E-state index in [1.165, 1.54) is 0 Å². The first-order valence-corrected chi connectivity index (χ1v) is 10.3. The summed E-state index contributed by atoms with van der Waals surface area (Å²) in [5.74, 6) is 0.173. The molecule has 2 aromatic rings. The van der Waals surface area contributed by atoms with Crippen LogP contribution in [0.4, 0.5) is 0 Å². The van der Waals surface area contributed by atoms with Gasteiger partial charge in [0.25, 0.3) is 0 Å². The summed E-state index contributed by atoms with van der Waals surface area (Å²) in [7, 11) is 1.08. The molecule has 0 saturated carbocycles. The number of rotatable bonds is 8. The lowest BCUT2D eigenvalue weighted by Gasteiger charge is -2.32. The first kappa shape index (κ1) is 22.4. The summed E-state index contributed by atoms with van der Waals surface area (Å²) in [6, 6.07) is 7.79.